The molecule has 0 unspecified atom stereocenters. The predicted octanol–water partition coefficient (Wildman–Crippen LogP) is 3.05. The Morgan fingerprint density at radius 2 is 2.26 bits per heavy atom. The summed E-state index contributed by atoms with van der Waals surface area (Å²) in [5, 5.41) is 3.93. The Hall–Kier alpha value is -1.82. The molecule has 2 aromatic rings. The first kappa shape index (κ1) is 13.6. The van der Waals surface area contributed by atoms with E-state index in [-0.39, 0.29) is 5.69 Å². The summed E-state index contributed by atoms with van der Waals surface area (Å²) in [5.41, 5.74) is 6.27. The van der Waals surface area contributed by atoms with Crippen LogP contribution in [0.1, 0.15) is 16.8 Å². The molecular formula is C13H16FN3OS. The lowest BCUT2D eigenvalue weighted by molar-refractivity contribution is 0.416. The fraction of sp³-hybridized carbons (Fsp3) is 0.308. The van der Waals surface area contributed by atoms with E-state index in [0.29, 0.717) is 18.0 Å². The number of thiazole rings is 1. The van der Waals surface area contributed by atoms with Crippen molar-refractivity contribution in [2.75, 3.05) is 18.2 Å². The second-order valence-electron chi connectivity index (χ2n) is 4.00. The Morgan fingerprint density at radius 1 is 1.47 bits per heavy atom. The smallest absolute Gasteiger partial charge is 0.148 e. The number of benzene rings is 1. The summed E-state index contributed by atoms with van der Waals surface area (Å²) >= 11 is 1.62. The maximum atomic E-state index is 13.7. The molecule has 19 heavy (non-hydrogen) atoms. The van der Waals surface area contributed by atoms with Crippen molar-refractivity contribution in [1.82, 2.24) is 4.98 Å². The third kappa shape index (κ3) is 3.14. The second-order valence-corrected chi connectivity index (χ2v) is 5.20. The molecule has 0 fully saturated rings. The lowest BCUT2D eigenvalue weighted by Crippen LogP contribution is -2.03. The Balaban J connectivity index is 2.10. The number of nitrogens with one attached hydrogen (secondary N) is 1. The summed E-state index contributed by atoms with van der Waals surface area (Å²) < 4.78 is 18.8. The average Bonchev–Trinajstić information content (AvgIpc) is 2.86. The minimum atomic E-state index is -0.398. The summed E-state index contributed by atoms with van der Waals surface area (Å²) in [5.74, 6) is 0.0582. The number of anilines is 2. The van der Waals surface area contributed by atoms with Crippen LogP contribution in [0.4, 0.5) is 15.8 Å². The molecule has 0 spiro atoms. The molecule has 0 atom stereocenters. The van der Waals surface area contributed by atoms with Crippen molar-refractivity contribution < 1.29 is 9.13 Å². The van der Waals surface area contributed by atoms with Crippen LogP contribution in [-0.4, -0.2) is 12.1 Å². The molecule has 1 aromatic heterocycles. The number of aromatic nitrogens is 1. The number of methoxy groups -OCH3 is 1. The lowest BCUT2D eigenvalue weighted by atomic mass is 10.2. The topological polar surface area (TPSA) is 60.2 Å². The van der Waals surface area contributed by atoms with Crippen molar-refractivity contribution in [2.24, 2.45) is 0 Å². The van der Waals surface area contributed by atoms with Crippen LogP contribution in [0.5, 0.6) is 5.75 Å². The van der Waals surface area contributed by atoms with Crippen molar-refractivity contribution in [3.8, 4) is 5.75 Å². The SMILES string of the molecule is CCc1cnc(CNc2cc(OC)c(N)cc2F)s1. The average molecular weight is 281 g/mol. The summed E-state index contributed by atoms with van der Waals surface area (Å²) in [6.07, 6.45) is 2.81. The van der Waals surface area contributed by atoms with E-state index in [1.54, 1.807) is 17.4 Å². The molecule has 6 heteroatoms. The van der Waals surface area contributed by atoms with Gasteiger partial charge in [0.05, 0.1) is 25.0 Å². The zero-order valence-electron chi connectivity index (χ0n) is 10.9. The van der Waals surface area contributed by atoms with Crippen LogP contribution in [0, 0.1) is 5.82 Å². The molecule has 0 bridgehead atoms. The zero-order valence-corrected chi connectivity index (χ0v) is 11.7. The van der Waals surface area contributed by atoms with Gasteiger partial charge in [0, 0.05) is 23.2 Å². The van der Waals surface area contributed by atoms with E-state index in [2.05, 4.69) is 17.2 Å². The van der Waals surface area contributed by atoms with Gasteiger partial charge in [0.25, 0.3) is 0 Å². The Labute approximate surface area is 115 Å². The van der Waals surface area contributed by atoms with Crippen molar-refractivity contribution in [1.29, 1.82) is 0 Å². The van der Waals surface area contributed by atoms with E-state index >= 15 is 0 Å². The first-order valence-corrected chi connectivity index (χ1v) is 6.76. The molecule has 1 aromatic carbocycles. The second kappa shape index (κ2) is 5.88. The fourth-order valence-corrected chi connectivity index (χ4v) is 2.45. The van der Waals surface area contributed by atoms with Crippen molar-refractivity contribution in [2.45, 2.75) is 19.9 Å². The number of hydrogen-bond acceptors (Lipinski definition) is 5. The van der Waals surface area contributed by atoms with Gasteiger partial charge in [-0.2, -0.15) is 0 Å². The molecule has 0 aliphatic heterocycles. The molecule has 0 aliphatic carbocycles. The first-order valence-electron chi connectivity index (χ1n) is 5.94. The summed E-state index contributed by atoms with van der Waals surface area (Å²) in [7, 11) is 1.50. The summed E-state index contributed by atoms with van der Waals surface area (Å²) in [4.78, 5) is 5.48. The van der Waals surface area contributed by atoms with Gasteiger partial charge in [0.2, 0.25) is 0 Å². The monoisotopic (exact) mass is 281 g/mol. The van der Waals surface area contributed by atoms with Gasteiger partial charge in [-0.25, -0.2) is 9.37 Å². The van der Waals surface area contributed by atoms with E-state index in [9.17, 15) is 4.39 Å². The molecule has 0 saturated carbocycles. The van der Waals surface area contributed by atoms with E-state index in [4.69, 9.17) is 10.5 Å². The number of aryl methyl sites for hydroxylation is 1. The molecule has 0 aliphatic rings. The normalized spacial score (nSPS) is 10.5. The highest BCUT2D eigenvalue weighted by Gasteiger charge is 2.09. The molecule has 4 nitrogen and oxygen atoms in total. The number of hydrogen-bond donors (Lipinski definition) is 2. The number of ether oxygens (including phenoxy) is 1. The minimum Gasteiger partial charge on any atom is -0.495 e. The van der Waals surface area contributed by atoms with Crippen LogP contribution < -0.4 is 15.8 Å². The fourth-order valence-electron chi connectivity index (χ4n) is 1.65. The van der Waals surface area contributed by atoms with Gasteiger partial charge in [0.15, 0.2) is 0 Å². The van der Waals surface area contributed by atoms with E-state index in [0.717, 1.165) is 11.4 Å². The Bertz CT molecular complexity index is 571. The summed E-state index contributed by atoms with van der Waals surface area (Å²) in [6.45, 7) is 2.56. The Morgan fingerprint density at radius 3 is 2.89 bits per heavy atom. The van der Waals surface area contributed by atoms with Gasteiger partial charge in [-0.1, -0.05) is 6.92 Å². The molecule has 2 rings (SSSR count). The molecule has 0 amide bonds. The molecule has 1 heterocycles. The zero-order chi connectivity index (χ0) is 13.8. The summed E-state index contributed by atoms with van der Waals surface area (Å²) in [6, 6.07) is 2.81. The molecule has 3 N–H and O–H groups in total. The van der Waals surface area contributed by atoms with Crippen LogP contribution in [0.25, 0.3) is 0 Å². The van der Waals surface area contributed by atoms with Crippen LogP contribution in [0.15, 0.2) is 18.3 Å². The minimum absolute atomic E-state index is 0.285. The quantitative estimate of drug-likeness (QED) is 0.827. The van der Waals surface area contributed by atoms with Crippen molar-refractivity contribution in [3.05, 3.63) is 34.0 Å². The maximum Gasteiger partial charge on any atom is 0.148 e. The highest BCUT2D eigenvalue weighted by Crippen LogP contribution is 2.28. The third-order valence-corrected chi connectivity index (χ3v) is 3.84. The Kier molecular flexibility index (Phi) is 4.21. The van der Waals surface area contributed by atoms with Gasteiger partial charge in [0.1, 0.15) is 16.6 Å². The van der Waals surface area contributed by atoms with Crippen molar-refractivity contribution in [3.63, 3.8) is 0 Å². The number of nitrogen functional groups attached to an aromatic ring is 1. The molecule has 0 radical (unpaired) electrons. The van der Waals surface area contributed by atoms with Gasteiger partial charge in [-0.15, -0.1) is 11.3 Å². The number of rotatable bonds is 5. The number of nitrogens with zero attached hydrogens (tertiary/aromatic N) is 1. The van der Waals surface area contributed by atoms with Gasteiger partial charge >= 0.3 is 0 Å². The van der Waals surface area contributed by atoms with Gasteiger partial charge in [-0.3, -0.25) is 0 Å². The maximum absolute atomic E-state index is 13.7. The van der Waals surface area contributed by atoms with Crippen LogP contribution in [-0.2, 0) is 13.0 Å². The van der Waals surface area contributed by atoms with Crippen molar-refractivity contribution >= 4 is 22.7 Å². The van der Waals surface area contributed by atoms with Crippen LogP contribution in [0.2, 0.25) is 0 Å². The molecule has 0 saturated heterocycles. The van der Waals surface area contributed by atoms with Gasteiger partial charge < -0.3 is 15.8 Å². The van der Waals surface area contributed by atoms with E-state index in [1.165, 1.54) is 18.1 Å². The predicted molar refractivity (Wildman–Crippen MR) is 76.2 cm³/mol. The lowest BCUT2D eigenvalue weighted by Gasteiger charge is -2.10. The van der Waals surface area contributed by atoms with Crippen LogP contribution in [0.3, 0.4) is 0 Å². The first-order chi connectivity index (χ1) is 9.13. The molecule has 102 valence electrons. The van der Waals surface area contributed by atoms with E-state index < -0.39 is 5.82 Å². The van der Waals surface area contributed by atoms with Crippen LogP contribution >= 0.6 is 11.3 Å². The number of nitrogens with two attached hydrogens (primary N) is 1. The van der Waals surface area contributed by atoms with E-state index in [1.807, 2.05) is 6.20 Å². The molecular weight excluding hydrogens is 265 g/mol. The largest absolute Gasteiger partial charge is 0.495 e. The van der Waals surface area contributed by atoms with Gasteiger partial charge in [-0.05, 0) is 6.42 Å². The highest BCUT2D eigenvalue weighted by atomic mass is 32.1. The number of halogens is 1. The highest BCUT2D eigenvalue weighted by molar-refractivity contribution is 7.11. The standard InChI is InChI=1S/C13H16FN3OS/c1-3-8-6-17-13(19-8)7-16-11-5-12(18-2)10(15)4-9(11)14/h4-6,16H,3,7,15H2,1-2H3. The third-order valence-electron chi connectivity index (χ3n) is 2.70.